The highest BCUT2D eigenvalue weighted by Gasteiger charge is 2.38. The summed E-state index contributed by atoms with van der Waals surface area (Å²) < 4.78 is 5.32. The summed E-state index contributed by atoms with van der Waals surface area (Å²) in [6, 6.07) is 6.64. The van der Waals surface area contributed by atoms with Crippen molar-refractivity contribution >= 4 is 0 Å². The van der Waals surface area contributed by atoms with Crippen molar-refractivity contribution in [3.05, 3.63) is 29.3 Å². The van der Waals surface area contributed by atoms with E-state index in [2.05, 4.69) is 23.5 Å². The summed E-state index contributed by atoms with van der Waals surface area (Å²) in [5.74, 6) is 1.00. The highest BCUT2D eigenvalue weighted by molar-refractivity contribution is 5.43. The van der Waals surface area contributed by atoms with E-state index in [0.29, 0.717) is 5.41 Å². The van der Waals surface area contributed by atoms with Gasteiger partial charge >= 0.3 is 0 Å². The number of rotatable bonds is 1. The van der Waals surface area contributed by atoms with E-state index in [9.17, 15) is 0 Å². The minimum Gasteiger partial charge on any atom is -0.497 e. The molecule has 2 aliphatic rings. The molecule has 0 bridgehead atoms. The number of hydrogen-bond acceptors (Lipinski definition) is 2. The maximum Gasteiger partial charge on any atom is 0.119 e. The molecule has 1 heterocycles. The number of aryl methyl sites for hydroxylation is 1. The van der Waals surface area contributed by atoms with Crippen molar-refractivity contribution < 1.29 is 4.74 Å². The lowest BCUT2D eigenvalue weighted by atomic mass is 9.69. The lowest BCUT2D eigenvalue weighted by molar-refractivity contribution is 0.386. The molecule has 0 unspecified atom stereocenters. The second-order valence-electron chi connectivity index (χ2n) is 5.08. The number of methoxy groups -OCH3 is 1. The van der Waals surface area contributed by atoms with E-state index in [1.54, 1.807) is 12.7 Å². The first-order valence-electron chi connectivity index (χ1n) is 6.22. The van der Waals surface area contributed by atoms with E-state index >= 15 is 0 Å². The molecule has 3 rings (SSSR count). The minimum atomic E-state index is 0.430. The number of hydrogen-bond donors (Lipinski definition) is 1. The van der Waals surface area contributed by atoms with Gasteiger partial charge in [0.15, 0.2) is 0 Å². The maximum absolute atomic E-state index is 5.32. The van der Waals surface area contributed by atoms with Crippen molar-refractivity contribution in [2.24, 2.45) is 0 Å². The molecule has 1 fully saturated rings. The Bertz CT molecular complexity index is 394. The second kappa shape index (κ2) is 3.77. The third-order valence-electron chi connectivity index (χ3n) is 4.23. The van der Waals surface area contributed by atoms with E-state index in [4.69, 9.17) is 4.74 Å². The summed E-state index contributed by atoms with van der Waals surface area (Å²) in [5.41, 5.74) is 3.51. The molecule has 1 spiro atoms. The van der Waals surface area contributed by atoms with Gasteiger partial charge in [-0.05, 0) is 55.5 Å². The van der Waals surface area contributed by atoms with Crippen molar-refractivity contribution in [1.29, 1.82) is 0 Å². The smallest absolute Gasteiger partial charge is 0.119 e. The zero-order valence-corrected chi connectivity index (χ0v) is 9.88. The summed E-state index contributed by atoms with van der Waals surface area (Å²) in [6.07, 6.45) is 5.18. The highest BCUT2D eigenvalue weighted by Crippen LogP contribution is 2.42. The van der Waals surface area contributed by atoms with E-state index in [1.165, 1.54) is 37.8 Å². The minimum absolute atomic E-state index is 0.430. The van der Waals surface area contributed by atoms with Gasteiger partial charge in [-0.1, -0.05) is 6.07 Å². The van der Waals surface area contributed by atoms with Gasteiger partial charge in [-0.3, -0.25) is 0 Å². The molecule has 1 atom stereocenters. The maximum atomic E-state index is 5.32. The van der Waals surface area contributed by atoms with Crippen LogP contribution >= 0.6 is 0 Å². The fourth-order valence-electron chi connectivity index (χ4n) is 3.36. The van der Waals surface area contributed by atoms with Gasteiger partial charge in [-0.2, -0.15) is 0 Å². The molecule has 1 aliphatic heterocycles. The molecule has 2 nitrogen and oxygen atoms in total. The number of ether oxygens (including phenoxy) is 1. The van der Waals surface area contributed by atoms with E-state index in [-0.39, 0.29) is 0 Å². The molecule has 0 saturated carbocycles. The number of benzene rings is 1. The van der Waals surface area contributed by atoms with Crippen molar-refractivity contribution in [3.63, 3.8) is 0 Å². The van der Waals surface area contributed by atoms with Gasteiger partial charge in [0, 0.05) is 12.0 Å². The van der Waals surface area contributed by atoms with Gasteiger partial charge in [-0.15, -0.1) is 0 Å². The Morgan fingerprint density at radius 2 is 2.25 bits per heavy atom. The Morgan fingerprint density at radius 1 is 1.31 bits per heavy atom. The van der Waals surface area contributed by atoms with Crippen molar-refractivity contribution in [3.8, 4) is 5.75 Å². The third kappa shape index (κ3) is 1.44. The van der Waals surface area contributed by atoms with Gasteiger partial charge in [-0.25, -0.2) is 0 Å². The van der Waals surface area contributed by atoms with Crippen LogP contribution in [0.3, 0.4) is 0 Å². The monoisotopic (exact) mass is 217 g/mol. The van der Waals surface area contributed by atoms with Crippen LogP contribution in [-0.2, 0) is 11.8 Å². The van der Waals surface area contributed by atoms with Gasteiger partial charge in [0.2, 0.25) is 0 Å². The van der Waals surface area contributed by atoms with Gasteiger partial charge in [0.05, 0.1) is 7.11 Å². The van der Waals surface area contributed by atoms with Gasteiger partial charge < -0.3 is 10.1 Å². The van der Waals surface area contributed by atoms with Crippen LogP contribution in [-0.4, -0.2) is 20.2 Å². The molecule has 2 heteroatoms. The Balaban J connectivity index is 2.05. The fourth-order valence-corrected chi connectivity index (χ4v) is 3.36. The Kier molecular flexibility index (Phi) is 2.40. The van der Waals surface area contributed by atoms with Crippen LogP contribution in [0.1, 0.15) is 30.4 Å². The molecule has 0 radical (unpaired) electrons. The van der Waals surface area contributed by atoms with Crippen LogP contribution in [0, 0.1) is 0 Å². The summed E-state index contributed by atoms with van der Waals surface area (Å²) >= 11 is 0. The molecule has 1 saturated heterocycles. The second-order valence-corrected chi connectivity index (χ2v) is 5.08. The SMILES string of the molecule is COc1ccc2c(c1)CCC[C@@]21CCNC1. The first kappa shape index (κ1) is 10.2. The molecular formula is C14H19NO. The Morgan fingerprint density at radius 3 is 3.00 bits per heavy atom. The van der Waals surface area contributed by atoms with Gasteiger partial charge in [0.25, 0.3) is 0 Å². The summed E-state index contributed by atoms with van der Waals surface area (Å²) in [7, 11) is 1.75. The topological polar surface area (TPSA) is 21.3 Å². The lowest BCUT2D eigenvalue weighted by Crippen LogP contribution is -2.33. The predicted molar refractivity (Wildman–Crippen MR) is 65.1 cm³/mol. The molecule has 0 aromatic heterocycles. The predicted octanol–water partition coefficient (Wildman–Crippen LogP) is 2.26. The van der Waals surface area contributed by atoms with Crippen LogP contribution in [0.15, 0.2) is 18.2 Å². The lowest BCUT2D eigenvalue weighted by Gasteiger charge is -2.35. The van der Waals surface area contributed by atoms with Crippen molar-refractivity contribution in [2.45, 2.75) is 31.1 Å². The number of nitrogens with one attached hydrogen (secondary N) is 1. The van der Waals surface area contributed by atoms with Crippen LogP contribution in [0.5, 0.6) is 5.75 Å². The standard InChI is InChI=1S/C14H19NO/c1-16-12-4-5-13-11(9-12)3-2-6-14(13)7-8-15-10-14/h4-5,9,15H,2-3,6-8,10H2,1H3/t14-/m0/s1. The molecule has 1 N–H and O–H groups in total. The van der Waals surface area contributed by atoms with Gasteiger partial charge in [0.1, 0.15) is 5.75 Å². The average Bonchev–Trinajstić information content (AvgIpc) is 2.78. The largest absolute Gasteiger partial charge is 0.497 e. The summed E-state index contributed by atoms with van der Waals surface area (Å²) in [5, 5.41) is 3.52. The zero-order valence-electron chi connectivity index (χ0n) is 9.88. The van der Waals surface area contributed by atoms with E-state index in [0.717, 1.165) is 12.3 Å². The number of fused-ring (bicyclic) bond motifs is 2. The molecular weight excluding hydrogens is 198 g/mol. The molecule has 1 aromatic rings. The van der Waals surface area contributed by atoms with E-state index < -0.39 is 0 Å². The highest BCUT2D eigenvalue weighted by atomic mass is 16.5. The molecule has 0 amide bonds. The van der Waals surface area contributed by atoms with Crippen LogP contribution in [0.2, 0.25) is 0 Å². The molecule has 1 aliphatic carbocycles. The molecule has 16 heavy (non-hydrogen) atoms. The Hall–Kier alpha value is -1.02. The van der Waals surface area contributed by atoms with Crippen LogP contribution in [0.25, 0.3) is 0 Å². The third-order valence-corrected chi connectivity index (χ3v) is 4.23. The fraction of sp³-hybridized carbons (Fsp3) is 0.571. The first-order chi connectivity index (χ1) is 7.84. The summed E-state index contributed by atoms with van der Waals surface area (Å²) in [4.78, 5) is 0. The zero-order chi connectivity index (χ0) is 11.0. The molecule has 1 aromatic carbocycles. The normalized spacial score (nSPS) is 28.1. The average molecular weight is 217 g/mol. The molecule has 86 valence electrons. The van der Waals surface area contributed by atoms with E-state index in [1.807, 2.05) is 0 Å². The van der Waals surface area contributed by atoms with Crippen LogP contribution in [0.4, 0.5) is 0 Å². The van der Waals surface area contributed by atoms with Crippen molar-refractivity contribution in [2.75, 3.05) is 20.2 Å². The van der Waals surface area contributed by atoms with Crippen molar-refractivity contribution in [1.82, 2.24) is 5.32 Å². The quantitative estimate of drug-likeness (QED) is 0.779. The summed E-state index contributed by atoms with van der Waals surface area (Å²) in [6.45, 7) is 2.33. The Labute approximate surface area is 97.0 Å². The van der Waals surface area contributed by atoms with Crippen LogP contribution < -0.4 is 10.1 Å². The first-order valence-corrected chi connectivity index (χ1v) is 6.22.